The molecule has 1 nitrogen and oxygen atoms in total. The van der Waals surface area contributed by atoms with E-state index in [4.69, 9.17) is 0 Å². The van der Waals surface area contributed by atoms with Crippen molar-refractivity contribution >= 4 is 10.8 Å². The van der Waals surface area contributed by atoms with Crippen molar-refractivity contribution in [3.05, 3.63) is 42.7 Å². The molecule has 0 amide bonds. The molecule has 0 radical (unpaired) electrons. The van der Waals surface area contributed by atoms with Crippen molar-refractivity contribution in [1.29, 1.82) is 0 Å². The standard InChI is InChI=1S/C9H6N.Li/c1-2-4-9-7-10-6-5-8(9)3-1;/h1-6H;/q-1;+1. The largest absolute Gasteiger partial charge is 1.00 e. The second-order valence-corrected chi connectivity index (χ2v) is 2.14. The fourth-order valence-corrected chi connectivity index (χ4v) is 0.969. The van der Waals surface area contributed by atoms with Gasteiger partial charge in [0, 0.05) is 0 Å². The summed E-state index contributed by atoms with van der Waals surface area (Å²) < 4.78 is 0. The van der Waals surface area contributed by atoms with Gasteiger partial charge in [0.2, 0.25) is 0 Å². The first-order valence-corrected chi connectivity index (χ1v) is 3.18. The zero-order valence-electron chi connectivity index (χ0n) is 6.41. The monoisotopic (exact) mass is 135 g/mol. The number of rotatable bonds is 0. The molecular formula is C9H6LiN. The molecule has 0 spiro atoms. The Balaban J connectivity index is 0.000000605. The minimum atomic E-state index is 0. The third-order valence-corrected chi connectivity index (χ3v) is 1.47. The molecule has 1 aromatic carbocycles. The van der Waals surface area contributed by atoms with Gasteiger partial charge in [0.1, 0.15) is 0 Å². The summed E-state index contributed by atoms with van der Waals surface area (Å²) in [5.41, 5.74) is 0. The summed E-state index contributed by atoms with van der Waals surface area (Å²) in [6.07, 6.45) is 4.65. The van der Waals surface area contributed by atoms with Gasteiger partial charge in [-0.3, -0.25) is 0 Å². The number of hydrogen-bond donors (Lipinski definition) is 0. The number of nitrogens with zero attached hydrogens (tertiary/aromatic N) is 1. The van der Waals surface area contributed by atoms with Crippen molar-refractivity contribution in [3.8, 4) is 0 Å². The van der Waals surface area contributed by atoms with Gasteiger partial charge in [0.05, 0.1) is 0 Å². The van der Waals surface area contributed by atoms with Crippen LogP contribution in [0.25, 0.3) is 10.8 Å². The molecule has 1 heterocycles. The van der Waals surface area contributed by atoms with Crippen molar-refractivity contribution in [3.63, 3.8) is 0 Å². The Morgan fingerprint density at radius 3 is 2.73 bits per heavy atom. The molecule has 0 unspecified atom stereocenters. The van der Waals surface area contributed by atoms with Crippen LogP contribution in [0.3, 0.4) is 0 Å². The normalized spacial score (nSPS) is 9.09. The molecule has 48 valence electrons. The van der Waals surface area contributed by atoms with Crippen LogP contribution in [0.15, 0.2) is 36.5 Å². The van der Waals surface area contributed by atoms with Gasteiger partial charge in [-0.2, -0.15) is 0 Å². The molecule has 11 heavy (non-hydrogen) atoms. The molecule has 0 atom stereocenters. The average Bonchev–Trinajstić information content (AvgIpc) is 2.05. The third kappa shape index (κ3) is 1.62. The van der Waals surface area contributed by atoms with Crippen molar-refractivity contribution in [2.24, 2.45) is 0 Å². The van der Waals surface area contributed by atoms with Crippen molar-refractivity contribution < 1.29 is 18.9 Å². The van der Waals surface area contributed by atoms with E-state index in [2.05, 4.69) is 11.2 Å². The molecule has 1 aromatic heterocycles. The first-order chi connectivity index (χ1) is 4.97. The minimum absolute atomic E-state index is 0. The van der Waals surface area contributed by atoms with Crippen LogP contribution in [0.5, 0.6) is 0 Å². The molecule has 2 aromatic rings. The Hall–Kier alpha value is -0.773. The molecule has 2 heteroatoms. The number of hydrogen-bond acceptors (Lipinski definition) is 1. The Bertz CT molecular complexity index is 281. The molecule has 2 rings (SSSR count). The molecule has 0 saturated carbocycles. The Kier molecular flexibility index (Phi) is 2.70. The van der Waals surface area contributed by atoms with Crippen LogP contribution in [-0.2, 0) is 0 Å². The van der Waals surface area contributed by atoms with Crippen LogP contribution < -0.4 is 18.9 Å². The summed E-state index contributed by atoms with van der Waals surface area (Å²) in [6.45, 7) is 0. The second-order valence-electron chi connectivity index (χ2n) is 2.14. The van der Waals surface area contributed by atoms with Gasteiger partial charge in [0.15, 0.2) is 0 Å². The number of aromatic nitrogens is 1. The maximum absolute atomic E-state index is 3.89. The summed E-state index contributed by atoms with van der Waals surface area (Å²) >= 11 is 0. The van der Waals surface area contributed by atoms with E-state index in [1.807, 2.05) is 30.3 Å². The summed E-state index contributed by atoms with van der Waals surface area (Å²) in [7, 11) is 0. The van der Waals surface area contributed by atoms with E-state index in [0.717, 1.165) is 5.39 Å². The Morgan fingerprint density at radius 1 is 1.09 bits per heavy atom. The minimum Gasteiger partial charge on any atom is -0.360 e. The zero-order chi connectivity index (χ0) is 6.81. The molecule has 0 aliphatic heterocycles. The third-order valence-electron chi connectivity index (χ3n) is 1.47. The van der Waals surface area contributed by atoms with E-state index in [9.17, 15) is 0 Å². The summed E-state index contributed by atoms with van der Waals surface area (Å²) in [5, 5.41) is 2.27. The zero-order valence-corrected chi connectivity index (χ0v) is 6.41. The maximum Gasteiger partial charge on any atom is 1.00 e. The van der Waals surface area contributed by atoms with Gasteiger partial charge in [-0.05, 0) is 6.20 Å². The van der Waals surface area contributed by atoms with Gasteiger partial charge in [0.25, 0.3) is 0 Å². The molecule has 0 fully saturated rings. The van der Waals surface area contributed by atoms with E-state index in [1.165, 1.54) is 5.39 Å². The maximum atomic E-state index is 3.89. The SMILES string of the molecule is [Li+].[c-]1nccc2ccccc12. The van der Waals surface area contributed by atoms with Crippen LogP contribution in [-0.4, -0.2) is 4.98 Å². The second kappa shape index (κ2) is 3.57. The van der Waals surface area contributed by atoms with Crippen LogP contribution >= 0.6 is 0 Å². The number of pyridine rings is 1. The van der Waals surface area contributed by atoms with Gasteiger partial charge >= 0.3 is 18.9 Å². The Morgan fingerprint density at radius 2 is 1.91 bits per heavy atom. The van der Waals surface area contributed by atoms with Crippen LogP contribution in [0, 0.1) is 6.20 Å². The predicted octanol–water partition coefficient (Wildman–Crippen LogP) is -0.961. The van der Waals surface area contributed by atoms with Crippen molar-refractivity contribution in [2.45, 2.75) is 0 Å². The number of benzene rings is 1. The average molecular weight is 135 g/mol. The van der Waals surface area contributed by atoms with E-state index in [-0.39, 0.29) is 18.9 Å². The first kappa shape index (κ1) is 8.33. The predicted molar refractivity (Wildman–Crippen MR) is 40.6 cm³/mol. The molecule has 0 aliphatic rings. The van der Waals surface area contributed by atoms with Crippen LogP contribution in [0.4, 0.5) is 0 Å². The molecular weight excluding hydrogens is 129 g/mol. The molecule has 0 bridgehead atoms. The Labute approximate surface area is 77.6 Å². The van der Waals surface area contributed by atoms with Crippen molar-refractivity contribution in [2.75, 3.05) is 0 Å². The summed E-state index contributed by atoms with van der Waals surface area (Å²) in [6, 6.07) is 10.0. The van der Waals surface area contributed by atoms with Crippen molar-refractivity contribution in [1.82, 2.24) is 4.98 Å². The van der Waals surface area contributed by atoms with Gasteiger partial charge in [-0.25, -0.2) is 0 Å². The fourth-order valence-electron chi connectivity index (χ4n) is 0.969. The van der Waals surface area contributed by atoms with Gasteiger partial charge < -0.3 is 4.98 Å². The fraction of sp³-hybridized carbons (Fsp3) is 0. The van der Waals surface area contributed by atoms with E-state index >= 15 is 0 Å². The number of fused-ring (bicyclic) bond motifs is 1. The summed E-state index contributed by atoms with van der Waals surface area (Å²) in [4.78, 5) is 3.89. The van der Waals surface area contributed by atoms with Gasteiger partial charge in [-0.15, -0.1) is 29.0 Å². The van der Waals surface area contributed by atoms with Gasteiger partial charge in [-0.1, -0.05) is 18.3 Å². The van der Waals surface area contributed by atoms with E-state index < -0.39 is 0 Å². The smallest absolute Gasteiger partial charge is 0.360 e. The molecule has 0 saturated heterocycles. The topological polar surface area (TPSA) is 12.9 Å². The summed E-state index contributed by atoms with van der Waals surface area (Å²) in [5.74, 6) is 0. The molecule has 0 N–H and O–H groups in total. The van der Waals surface area contributed by atoms with Crippen LogP contribution in [0.2, 0.25) is 0 Å². The van der Waals surface area contributed by atoms with E-state index in [1.54, 1.807) is 6.20 Å². The van der Waals surface area contributed by atoms with E-state index in [0.29, 0.717) is 0 Å². The first-order valence-electron chi connectivity index (χ1n) is 3.18. The van der Waals surface area contributed by atoms with Crippen LogP contribution in [0.1, 0.15) is 0 Å². The quantitative estimate of drug-likeness (QED) is 0.335. The molecule has 0 aliphatic carbocycles.